The maximum absolute atomic E-state index is 12.1. The molecule has 3 aromatic rings. The van der Waals surface area contributed by atoms with Gasteiger partial charge in [-0.1, -0.05) is 0 Å². The van der Waals surface area contributed by atoms with Crippen molar-refractivity contribution in [1.82, 2.24) is 19.7 Å². The average molecular weight is 309 g/mol. The Morgan fingerprint density at radius 3 is 2.52 bits per heavy atom. The van der Waals surface area contributed by atoms with E-state index in [2.05, 4.69) is 20.4 Å². The summed E-state index contributed by atoms with van der Waals surface area (Å²) in [5.41, 5.74) is 1.46. The van der Waals surface area contributed by atoms with Gasteiger partial charge in [0.05, 0.1) is 29.3 Å². The van der Waals surface area contributed by atoms with Crippen molar-refractivity contribution < 1.29 is 14.7 Å². The maximum Gasteiger partial charge on any atom is 0.354 e. The first-order valence-corrected chi connectivity index (χ1v) is 6.59. The second-order valence-electron chi connectivity index (χ2n) is 4.57. The summed E-state index contributed by atoms with van der Waals surface area (Å²) < 4.78 is 1.60. The molecule has 2 N–H and O–H groups in total. The predicted molar refractivity (Wildman–Crippen MR) is 80.5 cm³/mol. The highest BCUT2D eigenvalue weighted by molar-refractivity contribution is 6.04. The van der Waals surface area contributed by atoms with Crippen molar-refractivity contribution in [3.8, 4) is 5.69 Å². The zero-order valence-electron chi connectivity index (χ0n) is 11.7. The van der Waals surface area contributed by atoms with Gasteiger partial charge < -0.3 is 10.4 Å². The molecule has 3 rings (SSSR count). The second kappa shape index (κ2) is 6.06. The normalized spacial score (nSPS) is 10.3. The number of hydrogen-bond acceptors (Lipinski definition) is 5. The van der Waals surface area contributed by atoms with E-state index in [-0.39, 0.29) is 11.3 Å². The third-order valence-electron chi connectivity index (χ3n) is 3.01. The average Bonchev–Trinajstić information content (AvgIpc) is 3.04. The molecule has 8 heteroatoms. The van der Waals surface area contributed by atoms with Crippen LogP contribution in [0.25, 0.3) is 5.69 Å². The van der Waals surface area contributed by atoms with Crippen molar-refractivity contribution in [2.24, 2.45) is 0 Å². The molecule has 0 aliphatic rings. The standard InChI is InChI=1S/C15H11N5O3/c21-14(10-1-2-13(15(22)23)17-7-10)19-11-8-18-20(9-11)12-3-5-16-6-4-12/h1-9H,(H,19,21)(H,22,23). The molecule has 0 spiro atoms. The van der Waals surface area contributed by atoms with Gasteiger partial charge in [-0.3, -0.25) is 9.78 Å². The predicted octanol–water partition coefficient (Wildman–Crippen LogP) is 1.61. The summed E-state index contributed by atoms with van der Waals surface area (Å²) in [6, 6.07) is 6.25. The number of aromatic carboxylic acids is 1. The van der Waals surface area contributed by atoms with Gasteiger partial charge in [0.15, 0.2) is 0 Å². The number of carboxylic acids is 1. The monoisotopic (exact) mass is 309 g/mol. The fraction of sp³-hybridized carbons (Fsp3) is 0. The van der Waals surface area contributed by atoms with Crippen LogP contribution >= 0.6 is 0 Å². The SMILES string of the molecule is O=C(Nc1cnn(-c2ccncc2)c1)c1ccc(C(=O)O)nc1. The Morgan fingerprint density at radius 2 is 1.87 bits per heavy atom. The zero-order chi connectivity index (χ0) is 16.2. The van der Waals surface area contributed by atoms with E-state index in [1.54, 1.807) is 35.4 Å². The molecule has 0 aliphatic heterocycles. The molecule has 3 aromatic heterocycles. The van der Waals surface area contributed by atoms with Crippen LogP contribution in [0.15, 0.2) is 55.2 Å². The molecule has 0 aliphatic carbocycles. The van der Waals surface area contributed by atoms with Crippen molar-refractivity contribution in [2.45, 2.75) is 0 Å². The quantitative estimate of drug-likeness (QED) is 0.757. The van der Waals surface area contributed by atoms with Crippen LogP contribution in [0.3, 0.4) is 0 Å². The minimum absolute atomic E-state index is 0.118. The van der Waals surface area contributed by atoms with Crippen LogP contribution in [-0.4, -0.2) is 36.7 Å². The Kier molecular flexibility index (Phi) is 3.79. The topological polar surface area (TPSA) is 110 Å². The highest BCUT2D eigenvalue weighted by Crippen LogP contribution is 2.12. The number of hydrogen-bond donors (Lipinski definition) is 2. The van der Waals surface area contributed by atoms with Crippen molar-refractivity contribution in [2.75, 3.05) is 5.32 Å². The molecule has 0 aromatic carbocycles. The second-order valence-corrected chi connectivity index (χ2v) is 4.57. The summed E-state index contributed by atoms with van der Waals surface area (Å²) in [6.45, 7) is 0. The first-order valence-electron chi connectivity index (χ1n) is 6.59. The molecule has 0 radical (unpaired) electrons. The number of anilines is 1. The molecular weight excluding hydrogens is 298 g/mol. The summed E-state index contributed by atoms with van der Waals surface area (Å²) in [5, 5.41) is 15.6. The van der Waals surface area contributed by atoms with E-state index in [4.69, 9.17) is 5.11 Å². The molecule has 0 saturated heterocycles. The fourth-order valence-electron chi connectivity index (χ4n) is 1.88. The number of aromatic nitrogens is 4. The van der Waals surface area contributed by atoms with Crippen LogP contribution in [0.1, 0.15) is 20.8 Å². The van der Waals surface area contributed by atoms with E-state index in [0.29, 0.717) is 5.69 Å². The first-order chi connectivity index (χ1) is 11.1. The van der Waals surface area contributed by atoms with Crippen LogP contribution < -0.4 is 5.32 Å². The maximum atomic E-state index is 12.1. The highest BCUT2D eigenvalue weighted by Gasteiger charge is 2.10. The zero-order valence-corrected chi connectivity index (χ0v) is 11.7. The third-order valence-corrected chi connectivity index (χ3v) is 3.01. The molecule has 1 amide bonds. The third kappa shape index (κ3) is 3.21. The lowest BCUT2D eigenvalue weighted by molar-refractivity contribution is 0.0690. The summed E-state index contributed by atoms with van der Waals surface area (Å²) >= 11 is 0. The van der Waals surface area contributed by atoms with E-state index in [9.17, 15) is 9.59 Å². The smallest absolute Gasteiger partial charge is 0.354 e. The molecule has 114 valence electrons. The van der Waals surface area contributed by atoms with Crippen LogP contribution in [-0.2, 0) is 0 Å². The van der Waals surface area contributed by atoms with Gasteiger partial charge >= 0.3 is 5.97 Å². The van der Waals surface area contributed by atoms with Crippen molar-refractivity contribution in [1.29, 1.82) is 0 Å². The Bertz CT molecular complexity index is 843. The molecule has 8 nitrogen and oxygen atoms in total. The first kappa shape index (κ1) is 14.4. The molecular formula is C15H11N5O3. The number of nitrogens with one attached hydrogen (secondary N) is 1. The fourth-order valence-corrected chi connectivity index (χ4v) is 1.88. The van der Waals surface area contributed by atoms with E-state index in [1.807, 2.05) is 0 Å². The van der Waals surface area contributed by atoms with E-state index in [1.165, 1.54) is 24.5 Å². The van der Waals surface area contributed by atoms with Gasteiger partial charge in [-0.05, 0) is 24.3 Å². The van der Waals surface area contributed by atoms with E-state index < -0.39 is 11.9 Å². The van der Waals surface area contributed by atoms with Crippen molar-refractivity contribution in [3.05, 3.63) is 66.5 Å². The summed E-state index contributed by atoms with van der Waals surface area (Å²) in [5.74, 6) is -1.54. The van der Waals surface area contributed by atoms with E-state index in [0.717, 1.165) is 5.69 Å². The lowest BCUT2D eigenvalue weighted by Crippen LogP contribution is -2.12. The van der Waals surface area contributed by atoms with Crippen LogP contribution in [0.2, 0.25) is 0 Å². The molecule has 0 saturated carbocycles. The number of pyridine rings is 2. The van der Waals surface area contributed by atoms with Gasteiger partial charge in [-0.25, -0.2) is 14.5 Å². The molecule has 0 unspecified atom stereocenters. The summed E-state index contributed by atoms with van der Waals surface area (Å²) in [7, 11) is 0. The number of rotatable bonds is 4. The van der Waals surface area contributed by atoms with Gasteiger partial charge in [-0.2, -0.15) is 5.10 Å². The van der Waals surface area contributed by atoms with Gasteiger partial charge in [0.25, 0.3) is 5.91 Å². The highest BCUT2D eigenvalue weighted by atomic mass is 16.4. The molecule has 0 atom stereocenters. The summed E-state index contributed by atoms with van der Waals surface area (Å²) in [4.78, 5) is 30.5. The summed E-state index contributed by atoms with van der Waals surface area (Å²) in [6.07, 6.45) is 7.67. The molecule has 23 heavy (non-hydrogen) atoms. The van der Waals surface area contributed by atoms with Gasteiger partial charge in [-0.15, -0.1) is 0 Å². The van der Waals surface area contributed by atoms with Crippen LogP contribution in [0.5, 0.6) is 0 Å². The van der Waals surface area contributed by atoms with Crippen molar-refractivity contribution in [3.63, 3.8) is 0 Å². The van der Waals surface area contributed by atoms with Gasteiger partial charge in [0.2, 0.25) is 0 Å². The lowest BCUT2D eigenvalue weighted by Gasteiger charge is -2.02. The largest absolute Gasteiger partial charge is 0.477 e. The minimum Gasteiger partial charge on any atom is -0.477 e. The van der Waals surface area contributed by atoms with Gasteiger partial charge in [0.1, 0.15) is 5.69 Å². The Morgan fingerprint density at radius 1 is 1.09 bits per heavy atom. The number of carbonyl (C=O) groups excluding carboxylic acids is 1. The number of carbonyl (C=O) groups is 2. The number of carboxylic acid groups (broad SMARTS) is 1. The van der Waals surface area contributed by atoms with Crippen LogP contribution in [0.4, 0.5) is 5.69 Å². The van der Waals surface area contributed by atoms with Crippen molar-refractivity contribution >= 4 is 17.6 Å². The van der Waals surface area contributed by atoms with Gasteiger partial charge in [0, 0.05) is 18.6 Å². The molecule has 3 heterocycles. The Balaban J connectivity index is 1.73. The van der Waals surface area contributed by atoms with E-state index >= 15 is 0 Å². The number of amides is 1. The Hall–Kier alpha value is -3.55. The minimum atomic E-state index is -1.14. The molecule has 0 fully saturated rings. The van der Waals surface area contributed by atoms with Crippen LogP contribution in [0, 0.1) is 0 Å². The molecule has 0 bridgehead atoms. The lowest BCUT2D eigenvalue weighted by atomic mass is 10.2. The Labute approximate surface area is 130 Å². The number of nitrogens with zero attached hydrogens (tertiary/aromatic N) is 4.